The van der Waals surface area contributed by atoms with Crippen LogP contribution in [-0.2, 0) is 21.6 Å². The van der Waals surface area contributed by atoms with Crippen molar-refractivity contribution in [1.82, 2.24) is 0 Å². The van der Waals surface area contributed by atoms with E-state index in [1.54, 1.807) is 48.5 Å². The van der Waals surface area contributed by atoms with E-state index in [1.807, 2.05) is 12.1 Å². The van der Waals surface area contributed by atoms with E-state index in [4.69, 9.17) is 0 Å². The quantitative estimate of drug-likeness (QED) is 0.671. The SMILES string of the molecule is O=P(O)(c1ccccc1)c1ccccc1.[Fe]. The molecule has 0 aliphatic heterocycles. The van der Waals surface area contributed by atoms with Crippen molar-refractivity contribution in [2.45, 2.75) is 0 Å². The van der Waals surface area contributed by atoms with E-state index in [0.717, 1.165) is 0 Å². The predicted molar refractivity (Wildman–Crippen MR) is 62.0 cm³/mol. The number of hydrogen-bond acceptors (Lipinski definition) is 1. The number of rotatable bonds is 2. The van der Waals surface area contributed by atoms with Crippen molar-refractivity contribution in [3.8, 4) is 0 Å². The molecule has 0 unspecified atom stereocenters. The maximum absolute atomic E-state index is 12.2. The monoisotopic (exact) mass is 274 g/mol. The van der Waals surface area contributed by atoms with Crippen LogP contribution in [0.2, 0.25) is 0 Å². The molecule has 2 nitrogen and oxygen atoms in total. The predicted octanol–water partition coefficient (Wildman–Crippen LogP) is 1.91. The summed E-state index contributed by atoms with van der Waals surface area (Å²) in [6.45, 7) is 0. The van der Waals surface area contributed by atoms with Gasteiger partial charge in [-0.05, 0) is 24.3 Å². The van der Waals surface area contributed by atoms with Gasteiger partial charge in [0.15, 0.2) is 0 Å². The van der Waals surface area contributed by atoms with E-state index in [2.05, 4.69) is 0 Å². The summed E-state index contributed by atoms with van der Waals surface area (Å²) in [6, 6.07) is 17.4. The Morgan fingerprint density at radius 3 is 1.38 bits per heavy atom. The van der Waals surface area contributed by atoms with Gasteiger partial charge >= 0.3 is 0 Å². The average molecular weight is 274 g/mol. The zero-order valence-electron chi connectivity index (χ0n) is 8.43. The molecule has 4 heteroatoms. The molecule has 0 aromatic heterocycles. The molecule has 0 aliphatic rings. The van der Waals surface area contributed by atoms with Crippen LogP contribution < -0.4 is 10.6 Å². The molecule has 0 saturated carbocycles. The van der Waals surface area contributed by atoms with Crippen molar-refractivity contribution in [3.63, 3.8) is 0 Å². The molecule has 2 aromatic carbocycles. The normalized spacial score (nSPS) is 10.6. The molecule has 0 atom stereocenters. The van der Waals surface area contributed by atoms with Crippen molar-refractivity contribution >= 4 is 18.0 Å². The molecule has 0 bridgehead atoms. The number of hydrogen-bond donors (Lipinski definition) is 1. The Hall–Kier alpha value is -0.851. The molecule has 0 amide bonds. The van der Waals surface area contributed by atoms with Crippen molar-refractivity contribution in [3.05, 3.63) is 60.7 Å². The Morgan fingerprint density at radius 2 is 1.06 bits per heavy atom. The van der Waals surface area contributed by atoms with E-state index in [0.29, 0.717) is 10.6 Å². The topological polar surface area (TPSA) is 37.3 Å². The molecule has 0 aliphatic carbocycles. The Morgan fingerprint density at radius 1 is 0.750 bits per heavy atom. The minimum absolute atomic E-state index is 0. The summed E-state index contributed by atoms with van der Waals surface area (Å²) in [4.78, 5) is 10.0. The van der Waals surface area contributed by atoms with E-state index in [9.17, 15) is 9.46 Å². The molecule has 1 N–H and O–H groups in total. The molecular weight excluding hydrogens is 263 g/mol. The molecule has 16 heavy (non-hydrogen) atoms. The summed E-state index contributed by atoms with van der Waals surface area (Å²) in [5, 5.41) is 0.937. The molecule has 0 saturated heterocycles. The van der Waals surface area contributed by atoms with Gasteiger partial charge in [0.25, 0.3) is 7.37 Å². The first-order valence-electron chi connectivity index (χ1n) is 4.65. The Balaban J connectivity index is 0.00000128. The Kier molecular flexibility index (Phi) is 4.52. The van der Waals surface area contributed by atoms with Gasteiger partial charge < -0.3 is 4.89 Å². The maximum atomic E-state index is 12.2. The molecule has 0 radical (unpaired) electrons. The molecule has 84 valence electrons. The fourth-order valence-electron chi connectivity index (χ4n) is 1.41. The van der Waals surface area contributed by atoms with Crippen LogP contribution in [0, 0.1) is 0 Å². The summed E-state index contributed by atoms with van der Waals surface area (Å²) in [5.41, 5.74) is 0. The second-order valence-electron chi connectivity index (χ2n) is 3.25. The van der Waals surface area contributed by atoms with E-state index >= 15 is 0 Å². The summed E-state index contributed by atoms with van der Waals surface area (Å²) >= 11 is 0. The van der Waals surface area contributed by atoms with Gasteiger partial charge in [0, 0.05) is 27.7 Å². The molecule has 0 fully saturated rings. The van der Waals surface area contributed by atoms with E-state index in [-0.39, 0.29) is 17.1 Å². The third-order valence-corrected chi connectivity index (χ3v) is 4.21. The van der Waals surface area contributed by atoms with Crippen LogP contribution in [-0.4, -0.2) is 4.89 Å². The fraction of sp³-hybridized carbons (Fsp3) is 0. The van der Waals surface area contributed by atoms with Crippen molar-refractivity contribution in [2.24, 2.45) is 0 Å². The first kappa shape index (κ1) is 13.2. The summed E-state index contributed by atoms with van der Waals surface area (Å²) in [7, 11) is -3.40. The smallest absolute Gasteiger partial charge is 0.258 e. The number of benzene rings is 2. The van der Waals surface area contributed by atoms with Gasteiger partial charge in [-0.3, -0.25) is 4.57 Å². The fourth-order valence-corrected chi connectivity index (χ4v) is 2.86. The van der Waals surface area contributed by atoms with Crippen molar-refractivity contribution in [1.29, 1.82) is 0 Å². The van der Waals surface area contributed by atoms with Crippen LogP contribution in [0.3, 0.4) is 0 Å². The standard InChI is InChI=1S/C12H11O2P.Fe/c13-15(14,11-7-3-1-4-8-11)12-9-5-2-6-10-12;/h1-10H,(H,13,14);. The molecule has 2 rings (SSSR count). The first-order chi connectivity index (χ1) is 7.21. The first-order valence-corrected chi connectivity index (χ1v) is 6.31. The summed E-state index contributed by atoms with van der Waals surface area (Å²) in [6.07, 6.45) is 0. The largest absolute Gasteiger partial charge is 0.338 e. The average Bonchev–Trinajstić information content (AvgIpc) is 2.31. The van der Waals surface area contributed by atoms with Gasteiger partial charge in [0.2, 0.25) is 0 Å². The van der Waals surface area contributed by atoms with E-state index in [1.165, 1.54) is 0 Å². The van der Waals surface area contributed by atoms with E-state index < -0.39 is 7.37 Å². The second-order valence-corrected chi connectivity index (χ2v) is 5.43. The third-order valence-electron chi connectivity index (χ3n) is 2.21. The zero-order chi connectivity index (χ0) is 10.7. The van der Waals surface area contributed by atoms with Gasteiger partial charge in [-0.1, -0.05) is 36.4 Å². The Labute approximate surface area is 105 Å². The Bertz CT molecular complexity index is 441. The van der Waals surface area contributed by atoms with Gasteiger partial charge in [-0.25, -0.2) is 0 Å². The van der Waals surface area contributed by atoms with Crippen LogP contribution in [0.5, 0.6) is 0 Å². The van der Waals surface area contributed by atoms with Crippen LogP contribution in [0.4, 0.5) is 0 Å². The van der Waals surface area contributed by atoms with Crippen LogP contribution in [0.1, 0.15) is 0 Å². The maximum Gasteiger partial charge on any atom is 0.258 e. The van der Waals surface area contributed by atoms with Gasteiger partial charge in [0.05, 0.1) is 0 Å². The molecule has 2 aromatic rings. The van der Waals surface area contributed by atoms with Gasteiger partial charge in [0.1, 0.15) is 0 Å². The van der Waals surface area contributed by atoms with Crippen molar-refractivity contribution in [2.75, 3.05) is 0 Å². The molecule has 0 spiro atoms. The van der Waals surface area contributed by atoms with Crippen LogP contribution in [0.25, 0.3) is 0 Å². The van der Waals surface area contributed by atoms with Gasteiger partial charge in [-0.15, -0.1) is 0 Å². The van der Waals surface area contributed by atoms with Crippen molar-refractivity contribution < 1.29 is 26.5 Å². The van der Waals surface area contributed by atoms with Crippen LogP contribution >= 0.6 is 7.37 Å². The summed E-state index contributed by atoms with van der Waals surface area (Å²) < 4.78 is 12.2. The molecule has 0 heterocycles. The van der Waals surface area contributed by atoms with Crippen LogP contribution in [0.15, 0.2) is 60.7 Å². The summed E-state index contributed by atoms with van der Waals surface area (Å²) in [5.74, 6) is 0. The third kappa shape index (κ3) is 2.63. The molecular formula is C12H11FeO2P. The second kappa shape index (κ2) is 5.47. The minimum atomic E-state index is -3.40. The minimum Gasteiger partial charge on any atom is -0.338 e. The van der Waals surface area contributed by atoms with Gasteiger partial charge in [-0.2, -0.15) is 0 Å². The zero-order valence-corrected chi connectivity index (χ0v) is 10.4.